The van der Waals surface area contributed by atoms with Crippen molar-refractivity contribution in [1.29, 1.82) is 0 Å². The number of hydrogen-bond donors (Lipinski definition) is 0. The Bertz CT molecular complexity index is 677. The Hall–Kier alpha value is -1.37. The van der Waals surface area contributed by atoms with Gasteiger partial charge in [-0.25, -0.2) is 4.39 Å². The van der Waals surface area contributed by atoms with E-state index in [-0.39, 0.29) is 28.7 Å². The van der Waals surface area contributed by atoms with Gasteiger partial charge in [0.15, 0.2) is 5.17 Å². The molecule has 1 aromatic rings. The number of thioether (sulfide) groups is 1. The fourth-order valence-corrected chi connectivity index (χ4v) is 3.78. The maximum absolute atomic E-state index is 13.9. The van der Waals surface area contributed by atoms with Crippen molar-refractivity contribution in [1.82, 2.24) is 4.90 Å². The van der Waals surface area contributed by atoms with Crippen molar-refractivity contribution < 1.29 is 13.9 Å². The van der Waals surface area contributed by atoms with Crippen molar-refractivity contribution >= 4 is 40.5 Å². The molecule has 0 radical (unpaired) electrons. The minimum Gasteiger partial charge on any atom is -0.372 e. The van der Waals surface area contributed by atoms with Crippen LogP contribution >= 0.6 is 23.4 Å². The lowest BCUT2D eigenvalue weighted by Crippen LogP contribution is -2.47. The van der Waals surface area contributed by atoms with Crippen LogP contribution in [0.2, 0.25) is 5.02 Å². The van der Waals surface area contributed by atoms with Gasteiger partial charge in [-0.3, -0.25) is 4.79 Å². The van der Waals surface area contributed by atoms with Crippen molar-refractivity contribution in [2.24, 2.45) is 4.99 Å². The molecule has 1 saturated heterocycles. The van der Waals surface area contributed by atoms with E-state index in [1.807, 2.05) is 18.7 Å². The molecule has 2 aliphatic heterocycles. The van der Waals surface area contributed by atoms with Crippen LogP contribution < -0.4 is 0 Å². The molecule has 0 aliphatic carbocycles. The predicted molar refractivity (Wildman–Crippen MR) is 91.0 cm³/mol. The van der Waals surface area contributed by atoms with E-state index in [1.54, 1.807) is 6.07 Å². The van der Waals surface area contributed by atoms with Crippen LogP contribution in [0, 0.1) is 5.82 Å². The summed E-state index contributed by atoms with van der Waals surface area (Å²) in [4.78, 5) is 18.6. The number of aliphatic imine (C=N–C) groups is 1. The molecule has 0 aromatic heterocycles. The van der Waals surface area contributed by atoms with Crippen molar-refractivity contribution in [2.45, 2.75) is 26.1 Å². The van der Waals surface area contributed by atoms with Gasteiger partial charge in [-0.1, -0.05) is 17.7 Å². The van der Waals surface area contributed by atoms with Gasteiger partial charge in [-0.2, -0.15) is 4.99 Å². The number of halogens is 2. The topological polar surface area (TPSA) is 41.9 Å². The van der Waals surface area contributed by atoms with Crippen LogP contribution in [0.1, 0.15) is 19.4 Å². The lowest BCUT2D eigenvalue weighted by molar-refractivity contribution is -0.113. The second-order valence-electron chi connectivity index (χ2n) is 5.61. The Kier molecular flexibility index (Phi) is 4.75. The maximum Gasteiger partial charge on any atom is 0.286 e. The Morgan fingerprint density at radius 1 is 1.39 bits per heavy atom. The van der Waals surface area contributed by atoms with Crippen LogP contribution in [0.15, 0.2) is 28.1 Å². The molecule has 1 amide bonds. The Labute approximate surface area is 143 Å². The van der Waals surface area contributed by atoms with Gasteiger partial charge in [0.1, 0.15) is 5.82 Å². The number of benzene rings is 1. The average Bonchev–Trinajstić information content (AvgIpc) is 2.83. The quantitative estimate of drug-likeness (QED) is 0.723. The molecule has 0 saturated carbocycles. The smallest absolute Gasteiger partial charge is 0.286 e. The molecule has 3 rings (SSSR count). The first-order chi connectivity index (χ1) is 10.9. The minimum atomic E-state index is -0.458. The molecule has 7 heteroatoms. The number of nitrogens with zero attached hydrogens (tertiary/aromatic N) is 2. The van der Waals surface area contributed by atoms with Gasteiger partial charge in [0.05, 0.1) is 22.1 Å². The summed E-state index contributed by atoms with van der Waals surface area (Å²) in [5.74, 6) is -0.823. The first kappa shape index (κ1) is 16.5. The summed E-state index contributed by atoms with van der Waals surface area (Å²) in [7, 11) is 0. The molecule has 0 unspecified atom stereocenters. The van der Waals surface area contributed by atoms with Crippen LogP contribution in [0.3, 0.4) is 0 Å². The lowest BCUT2D eigenvalue weighted by atomic mass is 10.2. The van der Waals surface area contributed by atoms with Crippen LogP contribution in [-0.2, 0) is 9.53 Å². The van der Waals surface area contributed by atoms with E-state index in [2.05, 4.69) is 4.99 Å². The van der Waals surface area contributed by atoms with Gasteiger partial charge in [-0.15, -0.1) is 0 Å². The van der Waals surface area contributed by atoms with Crippen molar-refractivity contribution in [3.8, 4) is 0 Å². The predicted octanol–water partition coefficient (Wildman–Crippen LogP) is 3.56. The molecule has 2 atom stereocenters. The Balaban J connectivity index is 1.81. The number of hydrogen-bond acceptors (Lipinski definition) is 4. The standard InChI is InChI=1S/C16H16ClFN2O2S/c1-9-7-20(8-10(2)22-9)16-19-15(21)14(23-16)6-11-12(17)4-3-5-13(11)18/h3-6,9-10H,7-8H2,1-2H3/b14-6+/t9-,10+. The molecule has 0 bridgehead atoms. The zero-order valence-corrected chi connectivity index (χ0v) is 14.3. The highest BCUT2D eigenvalue weighted by Crippen LogP contribution is 2.33. The molecule has 0 N–H and O–H groups in total. The number of amides is 1. The van der Waals surface area contributed by atoms with E-state index >= 15 is 0 Å². The third-order valence-corrected chi connectivity index (χ3v) is 4.95. The first-order valence-corrected chi connectivity index (χ1v) is 8.50. The minimum absolute atomic E-state index is 0.0752. The molecule has 2 heterocycles. The van der Waals surface area contributed by atoms with Gasteiger partial charge in [0.25, 0.3) is 5.91 Å². The molecule has 2 aliphatic rings. The molecule has 0 spiro atoms. The van der Waals surface area contributed by atoms with E-state index in [9.17, 15) is 9.18 Å². The number of carbonyl (C=O) groups is 1. The molecular weight excluding hydrogens is 339 g/mol. The fraction of sp³-hybridized carbons (Fsp3) is 0.375. The summed E-state index contributed by atoms with van der Waals surface area (Å²) in [5, 5.41) is 0.906. The summed E-state index contributed by atoms with van der Waals surface area (Å²) in [6.45, 7) is 5.33. The van der Waals surface area contributed by atoms with Crippen LogP contribution in [0.4, 0.5) is 4.39 Å². The van der Waals surface area contributed by atoms with Gasteiger partial charge >= 0.3 is 0 Å². The van der Waals surface area contributed by atoms with E-state index in [4.69, 9.17) is 16.3 Å². The highest BCUT2D eigenvalue weighted by atomic mass is 35.5. The summed E-state index contributed by atoms with van der Waals surface area (Å²) in [5.41, 5.74) is 0.213. The zero-order valence-electron chi connectivity index (χ0n) is 12.8. The Morgan fingerprint density at radius 3 is 2.74 bits per heavy atom. The Morgan fingerprint density at radius 2 is 2.09 bits per heavy atom. The molecule has 4 nitrogen and oxygen atoms in total. The molecule has 1 aromatic carbocycles. The third kappa shape index (κ3) is 3.59. The normalized spacial score (nSPS) is 26.8. The second kappa shape index (κ2) is 6.63. The van der Waals surface area contributed by atoms with Crippen molar-refractivity contribution in [3.05, 3.63) is 39.5 Å². The number of ether oxygens (including phenoxy) is 1. The van der Waals surface area contributed by atoms with Crippen molar-refractivity contribution in [3.63, 3.8) is 0 Å². The number of carbonyl (C=O) groups excluding carboxylic acids is 1. The molecule has 1 fully saturated rings. The molecular formula is C16H16ClFN2O2S. The first-order valence-electron chi connectivity index (χ1n) is 7.31. The highest BCUT2D eigenvalue weighted by molar-refractivity contribution is 8.18. The van der Waals surface area contributed by atoms with Gasteiger partial charge in [0.2, 0.25) is 0 Å². The number of morpholine rings is 1. The SMILES string of the molecule is C[C@@H]1CN(C2=NC(=O)/C(=C\c3c(F)cccc3Cl)S2)C[C@H](C)O1. The monoisotopic (exact) mass is 354 g/mol. The largest absolute Gasteiger partial charge is 0.372 e. The highest BCUT2D eigenvalue weighted by Gasteiger charge is 2.31. The summed E-state index contributed by atoms with van der Waals surface area (Å²) in [6, 6.07) is 4.44. The maximum atomic E-state index is 13.9. The molecule has 23 heavy (non-hydrogen) atoms. The van der Waals surface area contributed by atoms with Crippen LogP contribution in [0.25, 0.3) is 6.08 Å². The van der Waals surface area contributed by atoms with E-state index in [0.29, 0.717) is 23.2 Å². The van der Waals surface area contributed by atoms with E-state index in [0.717, 1.165) is 0 Å². The fourth-order valence-electron chi connectivity index (χ4n) is 2.65. The summed E-state index contributed by atoms with van der Waals surface area (Å²) in [6.07, 6.45) is 1.62. The van der Waals surface area contributed by atoms with E-state index in [1.165, 1.54) is 30.0 Å². The summed E-state index contributed by atoms with van der Waals surface area (Å²) >= 11 is 7.26. The average molecular weight is 355 g/mol. The van der Waals surface area contributed by atoms with Crippen LogP contribution in [-0.4, -0.2) is 41.3 Å². The van der Waals surface area contributed by atoms with E-state index < -0.39 is 5.82 Å². The van der Waals surface area contributed by atoms with Crippen molar-refractivity contribution in [2.75, 3.05) is 13.1 Å². The zero-order chi connectivity index (χ0) is 16.6. The number of rotatable bonds is 1. The van der Waals surface area contributed by atoms with Gasteiger partial charge in [-0.05, 0) is 43.8 Å². The molecule has 122 valence electrons. The number of amidine groups is 1. The third-order valence-electron chi connectivity index (χ3n) is 3.57. The van der Waals surface area contributed by atoms with Gasteiger partial charge in [0, 0.05) is 18.7 Å². The lowest BCUT2D eigenvalue weighted by Gasteiger charge is -2.35. The van der Waals surface area contributed by atoms with Gasteiger partial charge < -0.3 is 9.64 Å². The summed E-state index contributed by atoms with van der Waals surface area (Å²) < 4.78 is 19.6. The van der Waals surface area contributed by atoms with Crippen LogP contribution in [0.5, 0.6) is 0 Å². The second-order valence-corrected chi connectivity index (χ2v) is 7.02.